The fourth-order valence-corrected chi connectivity index (χ4v) is 3.18. The summed E-state index contributed by atoms with van der Waals surface area (Å²) < 4.78 is 13.6. The average Bonchev–Trinajstić information content (AvgIpc) is 2.86. The summed E-state index contributed by atoms with van der Waals surface area (Å²) in [5, 5.41) is 11.4. The Labute approximate surface area is 109 Å². The Morgan fingerprint density at radius 1 is 1.26 bits per heavy atom. The molecule has 0 heterocycles. The molecule has 0 spiro atoms. The number of carboxylic acid groups (broad SMARTS) is 1. The van der Waals surface area contributed by atoms with E-state index in [9.17, 15) is 14.0 Å². The Morgan fingerprint density at radius 3 is 2.58 bits per heavy atom. The lowest BCUT2D eigenvalue weighted by atomic mass is 10.1. The number of amides is 1. The van der Waals surface area contributed by atoms with Crippen molar-refractivity contribution in [3.63, 3.8) is 0 Å². The van der Waals surface area contributed by atoms with Crippen molar-refractivity contribution in [2.45, 2.75) is 19.3 Å². The molecule has 4 nitrogen and oxygen atoms in total. The Bertz CT molecular complexity index is 548. The maximum atomic E-state index is 13.6. The highest BCUT2D eigenvalue weighted by Gasteiger charge is 2.56. The number of carbonyl (C=O) groups is 2. The number of fused-ring (bicyclic) bond motifs is 1. The summed E-state index contributed by atoms with van der Waals surface area (Å²) in [6, 6.07) is 3.40. The first-order valence-electron chi connectivity index (χ1n) is 6.41. The molecule has 2 aliphatic rings. The second kappa shape index (κ2) is 4.33. The molecule has 2 saturated carbocycles. The Hall–Kier alpha value is -1.91. The van der Waals surface area contributed by atoms with Gasteiger partial charge in [0.2, 0.25) is 5.91 Å². The molecule has 100 valence electrons. The minimum Gasteiger partial charge on any atom is -0.478 e. The number of carboxylic acids is 1. The first kappa shape index (κ1) is 12.1. The Kier molecular flexibility index (Phi) is 2.77. The second-order valence-corrected chi connectivity index (χ2v) is 5.27. The zero-order valence-corrected chi connectivity index (χ0v) is 10.2. The fraction of sp³-hybridized carbons (Fsp3) is 0.429. The van der Waals surface area contributed by atoms with Crippen molar-refractivity contribution in [2.24, 2.45) is 17.8 Å². The molecule has 2 unspecified atom stereocenters. The monoisotopic (exact) mass is 263 g/mol. The Morgan fingerprint density at radius 2 is 1.95 bits per heavy atom. The van der Waals surface area contributed by atoms with Gasteiger partial charge in [0.1, 0.15) is 5.82 Å². The predicted octanol–water partition coefficient (Wildman–Crippen LogP) is 2.51. The minimum atomic E-state index is -1.14. The van der Waals surface area contributed by atoms with E-state index in [0.717, 1.165) is 25.0 Å². The van der Waals surface area contributed by atoms with Gasteiger partial charge >= 0.3 is 5.97 Å². The minimum absolute atomic E-state index is 0.0124. The number of carbonyl (C=O) groups excluding carboxylic acids is 1. The van der Waals surface area contributed by atoms with Crippen molar-refractivity contribution in [3.8, 4) is 0 Å². The molecule has 5 heteroatoms. The molecule has 2 aliphatic carbocycles. The van der Waals surface area contributed by atoms with E-state index in [-0.39, 0.29) is 23.1 Å². The van der Waals surface area contributed by atoms with Gasteiger partial charge in [-0.15, -0.1) is 0 Å². The summed E-state index contributed by atoms with van der Waals surface area (Å²) in [6.07, 6.45) is 3.31. The summed E-state index contributed by atoms with van der Waals surface area (Å²) in [5.41, 5.74) is -0.0810. The normalized spacial score (nSPS) is 27.7. The molecule has 0 aromatic heterocycles. The molecular weight excluding hydrogens is 249 g/mol. The second-order valence-electron chi connectivity index (χ2n) is 5.27. The maximum absolute atomic E-state index is 13.6. The zero-order chi connectivity index (χ0) is 13.6. The third-order valence-electron chi connectivity index (χ3n) is 4.18. The van der Waals surface area contributed by atoms with E-state index in [1.807, 2.05) is 0 Å². The first-order chi connectivity index (χ1) is 9.08. The van der Waals surface area contributed by atoms with E-state index in [1.54, 1.807) is 0 Å². The van der Waals surface area contributed by atoms with Crippen LogP contribution in [0.3, 0.4) is 0 Å². The van der Waals surface area contributed by atoms with Gasteiger partial charge in [-0.05, 0) is 42.9 Å². The van der Waals surface area contributed by atoms with Crippen molar-refractivity contribution in [3.05, 3.63) is 29.6 Å². The van der Waals surface area contributed by atoms with Crippen molar-refractivity contribution in [2.75, 3.05) is 5.32 Å². The van der Waals surface area contributed by atoms with Crippen LogP contribution in [0, 0.1) is 23.6 Å². The lowest BCUT2D eigenvalue weighted by Gasteiger charge is -2.08. The molecular formula is C14H14FNO3. The zero-order valence-electron chi connectivity index (χ0n) is 10.2. The van der Waals surface area contributed by atoms with Crippen molar-refractivity contribution < 1.29 is 19.1 Å². The van der Waals surface area contributed by atoms with Crippen molar-refractivity contribution in [1.82, 2.24) is 0 Å². The van der Waals surface area contributed by atoms with Gasteiger partial charge in [-0.25, -0.2) is 9.18 Å². The molecule has 1 amide bonds. The summed E-state index contributed by atoms with van der Waals surface area (Å²) in [5.74, 6) is -1.04. The molecule has 1 aromatic rings. The number of rotatable bonds is 3. The highest BCUT2D eigenvalue weighted by Crippen LogP contribution is 2.57. The summed E-state index contributed by atoms with van der Waals surface area (Å²) in [4.78, 5) is 22.8. The maximum Gasteiger partial charge on any atom is 0.335 e. The van der Waals surface area contributed by atoms with Crippen molar-refractivity contribution in [1.29, 1.82) is 0 Å². The van der Waals surface area contributed by atoms with E-state index in [1.165, 1.54) is 12.5 Å². The van der Waals surface area contributed by atoms with Crippen LogP contribution >= 0.6 is 0 Å². The fourth-order valence-electron chi connectivity index (χ4n) is 3.18. The molecule has 2 N–H and O–H groups in total. The molecule has 19 heavy (non-hydrogen) atoms. The smallest absolute Gasteiger partial charge is 0.335 e. The highest BCUT2D eigenvalue weighted by atomic mass is 19.1. The van der Waals surface area contributed by atoms with Gasteiger partial charge in [0.15, 0.2) is 0 Å². The average molecular weight is 263 g/mol. The first-order valence-corrected chi connectivity index (χ1v) is 6.41. The summed E-state index contributed by atoms with van der Waals surface area (Å²) >= 11 is 0. The van der Waals surface area contributed by atoms with Crippen LogP contribution in [0.1, 0.15) is 29.6 Å². The standard InChI is InChI=1S/C14H14FNO3/c15-10-5-4-7(14(18)19)6-11(10)16-13(17)12-8-2-1-3-9(8)12/h4-6,8-9,12H,1-3H2,(H,16,17)(H,18,19). The lowest BCUT2D eigenvalue weighted by Crippen LogP contribution is -2.17. The van der Waals surface area contributed by atoms with E-state index >= 15 is 0 Å². The molecule has 0 bridgehead atoms. The molecule has 2 fully saturated rings. The molecule has 2 atom stereocenters. The van der Waals surface area contributed by atoms with E-state index < -0.39 is 11.8 Å². The van der Waals surface area contributed by atoms with Gasteiger partial charge in [-0.2, -0.15) is 0 Å². The lowest BCUT2D eigenvalue weighted by molar-refractivity contribution is -0.118. The van der Waals surface area contributed by atoms with Crippen LogP contribution in [0.2, 0.25) is 0 Å². The molecule has 0 radical (unpaired) electrons. The third kappa shape index (κ3) is 2.09. The summed E-state index contributed by atoms with van der Waals surface area (Å²) in [7, 11) is 0. The topological polar surface area (TPSA) is 66.4 Å². The molecule has 3 rings (SSSR count). The van der Waals surface area contributed by atoms with E-state index in [4.69, 9.17) is 5.11 Å². The number of aromatic carboxylic acids is 1. The van der Waals surface area contributed by atoms with Crippen LogP contribution in [0.5, 0.6) is 0 Å². The number of hydrogen-bond acceptors (Lipinski definition) is 2. The van der Waals surface area contributed by atoms with Crippen LogP contribution < -0.4 is 5.32 Å². The van der Waals surface area contributed by atoms with Gasteiger partial charge in [-0.3, -0.25) is 4.79 Å². The molecule has 1 aromatic carbocycles. The van der Waals surface area contributed by atoms with Crippen molar-refractivity contribution >= 4 is 17.6 Å². The largest absolute Gasteiger partial charge is 0.478 e. The number of hydrogen-bond donors (Lipinski definition) is 2. The number of halogens is 1. The van der Waals surface area contributed by atoms with Gasteiger partial charge in [-0.1, -0.05) is 6.42 Å². The number of benzene rings is 1. The van der Waals surface area contributed by atoms with Crippen LogP contribution in [-0.2, 0) is 4.79 Å². The highest BCUT2D eigenvalue weighted by molar-refractivity contribution is 5.96. The number of anilines is 1. The van der Waals surface area contributed by atoms with Crippen LogP contribution in [-0.4, -0.2) is 17.0 Å². The van der Waals surface area contributed by atoms with E-state index in [0.29, 0.717) is 11.8 Å². The third-order valence-corrected chi connectivity index (χ3v) is 4.18. The molecule has 0 aliphatic heterocycles. The number of nitrogens with one attached hydrogen (secondary N) is 1. The Balaban J connectivity index is 1.74. The van der Waals surface area contributed by atoms with E-state index in [2.05, 4.69) is 5.32 Å². The predicted molar refractivity (Wildman–Crippen MR) is 66.3 cm³/mol. The van der Waals surface area contributed by atoms with Crippen LogP contribution in [0.15, 0.2) is 18.2 Å². The quantitative estimate of drug-likeness (QED) is 0.880. The van der Waals surface area contributed by atoms with Gasteiger partial charge in [0.05, 0.1) is 11.3 Å². The van der Waals surface area contributed by atoms with Gasteiger partial charge in [0, 0.05) is 5.92 Å². The molecule has 0 saturated heterocycles. The van der Waals surface area contributed by atoms with Gasteiger partial charge < -0.3 is 10.4 Å². The van der Waals surface area contributed by atoms with Crippen LogP contribution in [0.25, 0.3) is 0 Å². The summed E-state index contributed by atoms with van der Waals surface area (Å²) in [6.45, 7) is 0. The SMILES string of the molecule is O=C(O)c1ccc(F)c(NC(=O)C2C3CCCC32)c1. The van der Waals surface area contributed by atoms with Gasteiger partial charge in [0.25, 0.3) is 0 Å². The van der Waals surface area contributed by atoms with Crippen LogP contribution in [0.4, 0.5) is 10.1 Å².